The van der Waals surface area contributed by atoms with Crippen molar-refractivity contribution in [1.29, 1.82) is 0 Å². The number of rotatable bonds is 2. The second kappa shape index (κ2) is 4.90. The van der Waals surface area contributed by atoms with Crippen LogP contribution in [-0.2, 0) is 0 Å². The van der Waals surface area contributed by atoms with E-state index in [-0.39, 0.29) is 6.03 Å². The van der Waals surface area contributed by atoms with E-state index in [9.17, 15) is 4.79 Å². The van der Waals surface area contributed by atoms with Crippen LogP contribution in [0.1, 0.15) is 6.42 Å². The zero-order valence-corrected chi connectivity index (χ0v) is 11.7. The van der Waals surface area contributed by atoms with E-state index in [1.165, 1.54) is 0 Å². The lowest BCUT2D eigenvalue weighted by molar-refractivity contribution is 0.205. The minimum atomic E-state index is 0.144. The van der Waals surface area contributed by atoms with E-state index in [4.69, 9.17) is 0 Å². The highest BCUT2D eigenvalue weighted by molar-refractivity contribution is 9.10. The molecule has 2 heterocycles. The van der Waals surface area contributed by atoms with Gasteiger partial charge in [-0.1, -0.05) is 15.9 Å². The first kappa shape index (κ1) is 12.0. The zero-order valence-electron chi connectivity index (χ0n) is 10.1. The molecular formula is C13H16BrN3O. The molecular weight excluding hydrogens is 294 g/mol. The fourth-order valence-electron chi connectivity index (χ4n) is 2.66. The fourth-order valence-corrected chi connectivity index (χ4v) is 2.92. The van der Waals surface area contributed by atoms with E-state index in [2.05, 4.69) is 21.2 Å². The number of nitrogens with zero attached hydrogens (tertiary/aromatic N) is 2. The molecule has 2 fully saturated rings. The van der Waals surface area contributed by atoms with Gasteiger partial charge in [0.15, 0.2) is 0 Å². The summed E-state index contributed by atoms with van der Waals surface area (Å²) < 4.78 is 1.04. The molecule has 18 heavy (non-hydrogen) atoms. The molecule has 5 heteroatoms. The van der Waals surface area contributed by atoms with Crippen LogP contribution in [-0.4, -0.2) is 43.2 Å². The lowest BCUT2D eigenvalue weighted by Crippen LogP contribution is -2.40. The van der Waals surface area contributed by atoms with Crippen LogP contribution in [0.25, 0.3) is 0 Å². The lowest BCUT2D eigenvalue weighted by Gasteiger charge is -2.23. The Kier molecular flexibility index (Phi) is 3.26. The van der Waals surface area contributed by atoms with Crippen LogP contribution in [0.5, 0.6) is 0 Å². The van der Waals surface area contributed by atoms with Gasteiger partial charge < -0.3 is 10.2 Å². The highest BCUT2D eigenvalue weighted by atomic mass is 79.9. The molecule has 2 saturated heterocycles. The highest BCUT2D eigenvalue weighted by Crippen LogP contribution is 2.24. The molecule has 1 atom stereocenters. The van der Waals surface area contributed by atoms with E-state index in [1.807, 2.05) is 34.1 Å². The van der Waals surface area contributed by atoms with Crippen molar-refractivity contribution in [3.8, 4) is 0 Å². The third kappa shape index (κ3) is 2.12. The first-order valence-corrected chi connectivity index (χ1v) is 7.09. The second-order valence-corrected chi connectivity index (χ2v) is 5.67. The smallest absolute Gasteiger partial charge is 0.318 e. The first-order chi connectivity index (χ1) is 8.75. The van der Waals surface area contributed by atoms with E-state index in [0.29, 0.717) is 6.04 Å². The molecule has 4 nitrogen and oxygen atoms in total. The molecule has 0 aromatic heterocycles. The molecule has 96 valence electrons. The van der Waals surface area contributed by atoms with Crippen LogP contribution in [0.4, 0.5) is 10.5 Å². The molecule has 1 aromatic rings. The summed E-state index contributed by atoms with van der Waals surface area (Å²) in [6.45, 7) is 3.57. The highest BCUT2D eigenvalue weighted by Gasteiger charge is 2.35. The van der Waals surface area contributed by atoms with Crippen molar-refractivity contribution in [2.45, 2.75) is 12.5 Å². The average molecular weight is 310 g/mol. The third-order valence-corrected chi connectivity index (χ3v) is 4.18. The maximum Gasteiger partial charge on any atom is 0.324 e. The van der Waals surface area contributed by atoms with Gasteiger partial charge in [0, 0.05) is 35.8 Å². The third-order valence-electron chi connectivity index (χ3n) is 3.65. The molecule has 1 unspecified atom stereocenters. The number of urea groups is 1. The van der Waals surface area contributed by atoms with Gasteiger partial charge in [0.05, 0.1) is 0 Å². The van der Waals surface area contributed by atoms with Crippen molar-refractivity contribution in [2.75, 3.05) is 31.1 Å². The van der Waals surface area contributed by atoms with Crippen molar-refractivity contribution in [3.63, 3.8) is 0 Å². The Morgan fingerprint density at radius 3 is 2.67 bits per heavy atom. The summed E-state index contributed by atoms with van der Waals surface area (Å²) in [5.41, 5.74) is 0.983. The SMILES string of the molecule is O=C1N(c2ccc(Br)cc2)CCN1C1CCNC1. The maximum atomic E-state index is 12.4. The number of anilines is 1. The Hall–Kier alpha value is -1.07. The summed E-state index contributed by atoms with van der Waals surface area (Å²) in [7, 11) is 0. The van der Waals surface area contributed by atoms with Gasteiger partial charge in [-0.15, -0.1) is 0 Å². The van der Waals surface area contributed by atoms with Crippen LogP contribution in [0, 0.1) is 0 Å². The normalized spacial score (nSPS) is 24.1. The number of amides is 2. The summed E-state index contributed by atoms with van der Waals surface area (Å²) in [6.07, 6.45) is 1.07. The maximum absolute atomic E-state index is 12.4. The van der Waals surface area contributed by atoms with Crippen molar-refractivity contribution in [1.82, 2.24) is 10.2 Å². The molecule has 3 rings (SSSR count). The van der Waals surface area contributed by atoms with Gasteiger partial charge in [0.25, 0.3) is 0 Å². The summed E-state index contributed by atoms with van der Waals surface area (Å²) >= 11 is 3.41. The fraction of sp³-hybridized carbons (Fsp3) is 0.462. The Labute approximate surface area is 115 Å². The monoisotopic (exact) mass is 309 g/mol. The summed E-state index contributed by atoms with van der Waals surface area (Å²) in [5.74, 6) is 0. The minimum absolute atomic E-state index is 0.144. The van der Waals surface area contributed by atoms with Gasteiger partial charge in [-0.05, 0) is 37.2 Å². The Bertz CT molecular complexity index is 442. The topological polar surface area (TPSA) is 35.6 Å². The molecule has 0 spiro atoms. The average Bonchev–Trinajstić information content (AvgIpc) is 2.99. The molecule has 1 aromatic carbocycles. The van der Waals surface area contributed by atoms with Gasteiger partial charge in [-0.2, -0.15) is 0 Å². The first-order valence-electron chi connectivity index (χ1n) is 6.30. The van der Waals surface area contributed by atoms with Crippen molar-refractivity contribution < 1.29 is 4.79 Å². The number of hydrogen-bond donors (Lipinski definition) is 1. The van der Waals surface area contributed by atoms with Crippen molar-refractivity contribution in [3.05, 3.63) is 28.7 Å². The van der Waals surface area contributed by atoms with Crippen LogP contribution >= 0.6 is 15.9 Å². The Balaban J connectivity index is 1.75. The van der Waals surface area contributed by atoms with Crippen LogP contribution < -0.4 is 10.2 Å². The molecule has 2 aliphatic heterocycles. The van der Waals surface area contributed by atoms with Crippen LogP contribution in [0.15, 0.2) is 28.7 Å². The number of halogens is 1. The molecule has 0 saturated carbocycles. The molecule has 0 radical (unpaired) electrons. The Morgan fingerprint density at radius 1 is 1.22 bits per heavy atom. The van der Waals surface area contributed by atoms with E-state index < -0.39 is 0 Å². The van der Waals surface area contributed by atoms with Gasteiger partial charge in [0.1, 0.15) is 0 Å². The number of hydrogen-bond acceptors (Lipinski definition) is 2. The summed E-state index contributed by atoms with van der Waals surface area (Å²) in [5, 5.41) is 3.31. The minimum Gasteiger partial charge on any atom is -0.318 e. The van der Waals surface area contributed by atoms with Crippen molar-refractivity contribution >= 4 is 27.6 Å². The zero-order chi connectivity index (χ0) is 12.5. The number of carbonyl (C=O) groups is 1. The molecule has 1 N–H and O–H groups in total. The molecule has 2 amide bonds. The lowest BCUT2D eigenvalue weighted by atomic mass is 10.2. The largest absolute Gasteiger partial charge is 0.324 e. The van der Waals surface area contributed by atoms with Crippen LogP contribution in [0.2, 0.25) is 0 Å². The molecule has 0 bridgehead atoms. The van der Waals surface area contributed by atoms with Gasteiger partial charge >= 0.3 is 6.03 Å². The van der Waals surface area contributed by atoms with Crippen LogP contribution in [0.3, 0.4) is 0 Å². The molecule has 0 aliphatic carbocycles. The number of nitrogens with one attached hydrogen (secondary N) is 1. The predicted octanol–water partition coefficient (Wildman–Crippen LogP) is 2.05. The quantitative estimate of drug-likeness (QED) is 0.907. The van der Waals surface area contributed by atoms with Gasteiger partial charge in [-0.3, -0.25) is 4.90 Å². The summed E-state index contributed by atoms with van der Waals surface area (Å²) in [4.78, 5) is 16.3. The van der Waals surface area contributed by atoms with E-state index >= 15 is 0 Å². The summed E-state index contributed by atoms with van der Waals surface area (Å²) in [6, 6.07) is 8.44. The Morgan fingerprint density at radius 2 is 2.00 bits per heavy atom. The number of carbonyl (C=O) groups excluding carboxylic acids is 1. The van der Waals surface area contributed by atoms with E-state index in [1.54, 1.807) is 0 Å². The van der Waals surface area contributed by atoms with Crippen molar-refractivity contribution in [2.24, 2.45) is 0 Å². The predicted molar refractivity (Wildman–Crippen MR) is 74.9 cm³/mol. The number of benzene rings is 1. The standard InChI is InChI=1S/C13H16BrN3O/c14-10-1-3-11(4-2-10)16-7-8-17(13(16)18)12-5-6-15-9-12/h1-4,12,15H,5-9H2. The molecule has 2 aliphatic rings. The van der Waals surface area contributed by atoms with Gasteiger partial charge in [-0.25, -0.2) is 4.79 Å². The second-order valence-electron chi connectivity index (χ2n) is 4.75. The van der Waals surface area contributed by atoms with Gasteiger partial charge in [0.2, 0.25) is 0 Å². The van der Waals surface area contributed by atoms with E-state index in [0.717, 1.165) is 42.8 Å².